The molecule has 0 spiro atoms. The molecule has 0 saturated heterocycles. The van der Waals surface area contributed by atoms with Gasteiger partial charge in [-0.3, -0.25) is 0 Å². The highest BCUT2D eigenvalue weighted by Crippen LogP contribution is 2.36. The lowest BCUT2D eigenvalue weighted by Gasteiger charge is -2.36. The van der Waals surface area contributed by atoms with Gasteiger partial charge in [0.15, 0.2) is 8.32 Å². The van der Waals surface area contributed by atoms with Gasteiger partial charge in [-0.1, -0.05) is 20.8 Å². The molecule has 98 valence electrons. The molecule has 0 rings (SSSR count). The molecule has 0 bridgehead atoms. The molecule has 0 aliphatic heterocycles. The van der Waals surface area contributed by atoms with Crippen LogP contribution in [0.4, 0.5) is 0 Å². The van der Waals surface area contributed by atoms with E-state index in [1.54, 1.807) is 0 Å². The van der Waals surface area contributed by atoms with Gasteiger partial charge in [0.2, 0.25) is 0 Å². The molecule has 16 heavy (non-hydrogen) atoms. The van der Waals surface area contributed by atoms with Crippen molar-refractivity contribution in [3.8, 4) is 0 Å². The number of rotatable bonds is 7. The van der Waals surface area contributed by atoms with Crippen LogP contribution in [0.5, 0.6) is 0 Å². The van der Waals surface area contributed by atoms with Crippen molar-refractivity contribution >= 4 is 8.32 Å². The van der Waals surface area contributed by atoms with Crippen molar-refractivity contribution in [3.05, 3.63) is 0 Å². The summed E-state index contributed by atoms with van der Waals surface area (Å²) in [7, 11) is 2.59. The van der Waals surface area contributed by atoms with Crippen molar-refractivity contribution in [1.82, 2.24) is 10.2 Å². The highest BCUT2D eigenvalue weighted by atomic mass is 28.4. The molecule has 0 saturated carbocycles. The average molecular weight is 246 g/mol. The third-order valence-electron chi connectivity index (χ3n) is 3.49. The van der Waals surface area contributed by atoms with Crippen LogP contribution < -0.4 is 5.32 Å². The van der Waals surface area contributed by atoms with Crippen LogP contribution in [0.3, 0.4) is 0 Å². The predicted octanol–water partition coefficient (Wildman–Crippen LogP) is 2.16. The van der Waals surface area contributed by atoms with Crippen molar-refractivity contribution in [1.29, 1.82) is 0 Å². The number of nitrogens with one attached hydrogen (secondary N) is 1. The summed E-state index contributed by atoms with van der Waals surface area (Å²) in [6.07, 6.45) is 0. The van der Waals surface area contributed by atoms with Gasteiger partial charge >= 0.3 is 0 Å². The summed E-state index contributed by atoms with van der Waals surface area (Å²) in [5.41, 5.74) is 0. The van der Waals surface area contributed by atoms with E-state index in [0.717, 1.165) is 26.2 Å². The second kappa shape index (κ2) is 6.74. The van der Waals surface area contributed by atoms with Crippen LogP contribution in [0.15, 0.2) is 0 Å². The number of hydrogen-bond donors (Lipinski definition) is 1. The van der Waals surface area contributed by atoms with Gasteiger partial charge in [0.05, 0.1) is 0 Å². The first-order valence-corrected chi connectivity index (χ1v) is 9.08. The first kappa shape index (κ1) is 16.1. The first-order valence-electron chi connectivity index (χ1n) is 6.18. The third-order valence-corrected chi connectivity index (χ3v) is 8.02. The predicted molar refractivity (Wildman–Crippen MR) is 74.6 cm³/mol. The Bertz CT molecular complexity index is 190. The molecule has 0 fully saturated rings. The van der Waals surface area contributed by atoms with E-state index in [4.69, 9.17) is 4.43 Å². The summed E-state index contributed by atoms with van der Waals surface area (Å²) in [5.74, 6) is 0. The summed E-state index contributed by atoms with van der Waals surface area (Å²) in [6, 6.07) is 0. The van der Waals surface area contributed by atoms with Gasteiger partial charge < -0.3 is 14.6 Å². The molecular weight excluding hydrogens is 216 g/mol. The Morgan fingerprint density at radius 3 is 2.19 bits per heavy atom. The zero-order chi connectivity index (χ0) is 12.8. The van der Waals surface area contributed by atoms with E-state index >= 15 is 0 Å². The summed E-state index contributed by atoms with van der Waals surface area (Å²) in [4.78, 5) is 2.31. The van der Waals surface area contributed by atoms with E-state index in [0.29, 0.717) is 5.04 Å². The molecule has 0 amide bonds. The Morgan fingerprint density at radius 1 is 1.19 bits per heavy atom. The topological polar surface area (TPSA) is 24.5 Å². The van der Waals surface area contributed by atoms with Crippen LogP contribution in [-0.2, 0) is 4.43 Å². The number of hydrogen-bond acceptors (Lipinski definition) is 3. The molecule has 0 aromatic carbocycles. The largest absolute Gasteiger partial charge is 0.416 e. The number of likely N-dealkylation sites (N-methyl/N-ethyl adjacent to an activating group) is 2. The van der Waals surface area contributed by atoms with Crippen molar-refractivity contribution in [2.45, 2.75) is 38.9 Å². The summed E-state index contributed by atoms with van der Waals surface area (Å²) < 4.78 is 6.12. The zero-order valence-electron chi connectivity index (χ0n) is 12.2. The van der Waals surface area contributed by atoms with Crippen LogP contribution in [0.1, 0.15) is 20.8 Å². The molecule has 0 aromatic rings. The minimum Gasteiger partial charge on any atom is -0.416 e. The van der Waals surface area contributed by atoms with E-state index in [2.05, 4.69) is 51.1 Å². The van der Waals surface area contributed by atoms with Crippen LogP contribution in [-0.4, -0.2) is 53.6 Å². The van der Waals surface area contributed by atoms with Crippen molar-refractivity contribution in [2.24, 2.45) is 0 Å². The molecule has 0 aromatic heterocycles. The summed E-state index contributed by atoms with van der Waals surface area (Å²) in [5, 5.41) is 3.47. The standard InChI is InChI=1S/C12H30N2OSi/c1-12(2,3)16(6,7)15-11-10-14(5)9-8-13-4/h13H,8-11H2,1-7H3. The van der Waals surface area contributed by atoms with Crippen LogP contribution in [0.25, 0.3) is 0 Å². The van der Waals surface area contributed by atoms with E-state index in [9.17, 15) is 0 Å². The zero-order valence-corrected chi connectivity index (χ0v) is 13.2. The Labute approximate surface area is 103 Å². The lowest BCUT2D eigenvalue weighted by molar-refractivity contribution is 0.223. The maximum Gasteiger partial charge on any atom is 0.192 e. The second-order valence-electron chi connectivity index (χ2n) is 6.02. The second-order valence-corrected chi connectivity index (χ2v) is 10.8. The third kappa shape index (κ3) is 5.99. The highest BCUT2D eigenvalue weighted by molar-refractivity contribution is 6.74. The monoisotopic (exact) mass is 246 g/mol. The molecule has 0 aliphatic carbocycles. The highest BCUT2D eigenvalue weighted by Gasteiger charge is 2.36. The van der Waals surface area contributed by atoms with Crippen molar-refractivity contribution < 1.29 is 4.43 Å². The van der Waals surface area contributed by atoms with Gasteiger partial charge in [0, 0.05) is 26.2 Å². The minimum atomic E-state index is -1.55. The Morgan fingerprint density at radius 2 is 1.75 bits per heavy atom. The summed E-state index contributed by atoms with van der Waals surface area (Å²) >= 11 is 0. The van der Waals surface area contributed by atoms with Gasteiger partial charge in [-0.15, -0.1) is 0 Å². The van der Waals surface area contributed by atoms with Crippen LogP contribution in [0.2, 0.25) is 18.1 Å². The van der Waals surface area contributed by atoms with E-state index in [1.807, 2.05) is 7.05 Å². The maximum atomic E-state index is 6.12. The fourth-order valence-corrected chi connectivity index (χ4v) is 2.12. The average Bonchev–Trinajstić information content (AvgIpc) is 2.12. The Balaban J connectivity index is 3.81. The fraction of sp³-hybridized carbons (Fsp3) is 1.00. The van der Waals surface area contributed by atoms with Crippen molar-refractivity contribution in [3.63, 3.8) is 0 Å². The van der Waals surface area contributed by atoms with Gasteiger partial charge in [0.25, 0.3) is 0 Å². The molecule has 0 unspecified atom stereocenters. The normalized spacial score (nSPS) is 13.5. The molecular formula is C12H30N2OSi. The Kier molecular flexibility index (Phi) is 6.78. The van der Waals surface area contributed by atoms with E-state index in [-0.39, 0.29) is 0 Å². The minimum absolute atomic E-state index is 0.316. The lowest BCUT2D eigenvalue weighted by Crippen LogP contribution is -2.42. The molecule has 4 heteroatoms. The molecule has 0 radical (unpaired) electrons. The van der Waals surface area contributed by atoms with Gasteiger partial charge in [-0.25, -0.2) is 0 Å². The molecule has 3 nitrogen and oxygen atoms in total. The van der Waals surface area contributed by atoms with Gasteiger partial charge in [0.1, 0.15) is 0 Å². The van der Waals surface area contributed by atoms with Crippen LogP contribution >= 0.6 is 0 Å². The molecule has 0 atom stereocenters. The summed E-state index contributed by atoms with van der Waals surface area (Å²) in [6.45, 7) is 15.5. The first-order chi connectivity index (χ1) is 7.20. The molecule has 0 heterocycles. The Hall–Kier alpha value is 0.0969. The smallest absolute Gasteiger partial charge is 0.192 e. The SMILES string of the molecule is CNCCN(C)CCO[Si](C)(C)C(C)(C)C. The quantitative estimate of drug-likeness (QED) is 0.697. The fourth-order valence-electron chi connectivity index (χ4n) is 1.09. The van der Waals surface area contributed by atoms with Gasteiger partial charge in [-0.05, 0) is 32.2 Å². The van der Waals surface area contributed by atoms with Gasteiger partial charge in [-0.2, -0.15) is 0 Å². The molecule has 0 aliphatic rings. The molecule has 1 N–H and O–H groups in total. The van der Waals surface area contributed by atoms with Crippen molar-refractivity contribution in [2.75, 3.05) is 40.3 Å². The van der Waals surface area contributed by atoms with E-state index in [1.165, 1.54) is 0 Å². The van der Waals surface area contributed by atoms with Crippen LogP contribution in [0, 0.1) is 0 Å². The maximum absolute atomic E-state index is 6.12. The number of nitrogens with zero attached hydrogens (tertiary/aromatic N) is 1. The lowest BCUT2D eigenvalue weighted by atomic mass is 10.2. The van der Waals surface area contributed by atoms with E-state index < -0.39 is 8.32 Å².